The molecule has 0 bridgehead atoms. The average molecular weight is 364 g/mol. The maximum Gasteiger partial charge on any atom is 0.273 e. The van der Waals surface area contributed by atoms with Gasteiger partial charge in [0.25, 0.3) is 5.91 Å². The van der Waals surface area contributed by atoms with Gasteiger partial charge < -0.3 is 21.7 Å². The van der Waals surface area contributed by atoms with Gasteiger partial charge in [-0.05, 0) is 31.6 Å². The molecular weight excluding hydrogens is 340 g/mol. The summed E-state index contributed by atoms with van der Waals surface area (Å²) in [6.45, 7) is 0.794. The van der Waals surface area contributed by atoms with Crippen molar-refractivity contribution in [2.45, 2.75) is 37.8 Å². The molecule has 1 aromatic heterocycles. The van der Waals surface area contributed by atoms with E-state index in [4.69, 9.17) is 11.5 Å². The van der Waals surface area contributed by atoms with Gasteiger partial charge in [0.2, 0.25) is 5.91 Å². The number of carbonyl (C=O) groups excluding carboxylic acids is 2. The number of nitrogens with zero attached hydrogens (tertiary/aromatic N) is 3. The van der Waals surface area contributed by atoms with E-state index < -0.39 is 6.04 Å². The fraction of sp³-hybridized carbons (Fsp3) is 0.625. The van der Waals surface area contributed by atoms with Crippen LogP contribution in [-0.4, -0.2) is 56.9 Å². The summed E-state index contributed by atoms with van der Waals surface area (Å²) in [5.74, 6) is 1.80. The van der Waals surface area contributed by atoms with Crippen LogP contribution in [0.1, 0.15) is 36.2 Å². The highest BCUT2D eigenvalue weighted by atomic mass is 32.2. The van der Waals surface area contributed by atoms with Gasteiger partial charge in [0.1, 0.15) is 0 Å². The largest absolute Gasteiger partial charge is 0.382 e. The lowest BCUT2D eigenvalue weighted by molar-refractivity contribution is -0.132. The molecule has 1 aliphatic heterocycles. The van der Waals surface area contributed by atoms with Crippen molar-refractivity contribution in [3.63, 3.8) is 0 Å². The molecule has 1 atom stereocenters. The molecule has 2 fully saturated rings. The van der Waals surface area contributed by atoms with Crippen molar-refractivity contribution < 1.29 is 9.59 Å². The van der Waals surface area contributed by atoms with E-state index in [0.29, 0.717) is 0 Å². The minimum Gasteiger partial charge on any atom is -0.382 e. The molecule has 1 aromatic rings. The maximum absolute atomic E-state index is 12.4. The lowest BCUT2D eigenvalue weighted by Crippen LogP contribution is -2.49. The van der Waals surface area contributed by atoms with E-state index in [1.54, 1.807) is 11.8 Å². The van der Waals surface area contributed by atoms with Crippen molar-refractivity contribution in [1.82, 2.24) is 20.2 Å². The number of hydrogen-bond donors (Lipinski definition) is 3. The second-order valence-electron chi connectivity index (χ2n) is 6.54. The van der Waals surface area contributed by atoms with Crippen LogP contribution < -0.4 is 16.8 Å². The van der Waals surface area contributed by atoms with Crippen molar-refractivity contribution in [2.24, 2.45) is 11.7 Å². The monoisotopic (exact) mass is 364 g/mol. The number of amides is 2. The van der Waals surface area contributed by atoms with E-state index >= 15 is 0 Å². The van der Waals surface area contributed by atoms with Gasteiger partial charge in [-0.3, -0.25) is 9.59 Å². The zero-order valence-corrected chi connectivity index (χ0v) is 14.9. The third-order valence-electron chi connectivity index (χ3n) is 4.91. The van der Waals surface area contributed by atoms with E-state index in [9.17, 15) is 9.59 Å². The van der Waals surface area contributed by atoms with Crippen molar-refractivity contribution in [2.75, 3.05) is 23.9 Å². The summed E-state index contributed by atoms with van der Waals surface area (Å²) < 4.78 is 0. The summed E-state index contributed by atoms with van der Waals surface area (Å²) >= 11 is 1.76. The average Bonchev–Trinajstić information content (AvgIpc) is 3.16. The van der Waals surface area contributed by atoms with Gasteiger partial charge in [-0.1, -0.05) is 0 Å². The molecule has 8 nitrogen and oxygen atoms in total. The van der Waals surface area contributed by atoms with Crippen LogP contribution in [0, 0.1) is 5.92 Å². The number of nitrogen functional groups attached to an aromatic ring is 1. The summed E-state index contributed by atoms with van der Waals surface area (Å²) in [6, 6.07) is -0.388. The molecule has 2 amide bonds. The minimum absolute atomic E-state index is 0.0507. The SMILES string of the molecule is Nc1nccnc1C(=O)NC1CCC(C(N)C(=O)N2CCSC2)CC1. The third kappa shape index (κ3) is 4.21. The van der Waals surface area contributed by atoms with E-state index in [0.717, 1.165) is 43.9 Å². The second kappa shape index (κ2) is 8.01. The molecule has 3 rings (SSSR count). The molecule has 5 N–H and O–H groups in total. The van der Waals surface area contributed by atoms with Crippen molar-refractivity contribution in [1.29, 1.82) is 0 Å². The molecule has 1 aliphatic carbocycles. The van der Waals surface area contributed by atoms with E-state index in [1.165, 1.54) is 12.4 Å². The number of hydrogen-bond acceptors (Lipinski definition) is 7. The van der Waals surface area contributed by atoms with Gasteiger partial charge >= 0.3 is 0 Å². The number of rotatable bonds is 4. The normalized spacial score (nSPS) is 24.8. The lowest BCUT2D eigenvalue weighted by Gasteiger charge is -2.33. The van der Waals surface area contributed by atoms with Crippen LogP contribution in [0.4, 0.5) is 5.82 Å². The summed E-state index contributed by atoms with van der Waals surface area (Å²) in [4.78, 5) is 34.4. The van der Waals surface area contributed by atoms with Gasteiger partial charge in [-0.25, -0.2) is 9.97 Å². The van der Waals surface area contributed by atoms with E-state index in [2.05, 4.69) is 15.3 Å². The quantitative estimate of drug-likeness (QED) is 0.697. The Labute approximate surface area is 151 Å². The first-order chi connectivity index (χ1) is 12.1. The van der Waals surface area contributed by atoms with Crippen LogP contribution in [0.5, 0.6) is 0 Å². The van der Waals surface area contributed by atoms with Gasteiger partial charge in [-0.15, -0.1) is 11.8 Å². The molecule has 2 aliphatic rings. The lowest BCUT2D eigenvalue weighted by atomic mass is 9.81. The molecule has 0 radical (unpaired) electrons. The molecular formula is C16H24N6O2S. The standard InChI is InChI=1S/C16H24N6O2S/c17-12(16(24)22-7-8-25-9-22)10-1-3-11(4-2-10)21-15(23)13-14(18)20-6-5-19-13/h5-6,10-12H,1-4,7-9,17H2,(H2,18,20)(H,21,23). The van der Waals surface area contributed by atoms with Crippen LogP contribution >= 0.6 is 11.8 Å². The highest BCUT2D eigenvalue weighted by Crippen LogP contribution is 2.28. The van der Waals surface area contributed by atoms with Gasteiger partial charge in [0, 0.05) is 30.7 Å². The smallest absolute Gasteiger partial charge is 0.273 e. The number of carbonyl (C=O) groups is 2. The molecule has 1 unspecified atom stereocenters. The molecule has 0 aromatic carbocycles. The van der Waals surface area contributed by atoms with E-state index in [1.807, 2.05) is 4.90 Å². The highest BCUT2D eigenvalue weighted by Gasteiger charge is 2.33. The number of thioether (sulfide) groups is 1. The number of nitrogens with one attached hydrogen (secondary N) is 1. The molecule has 25 heavy (non-hydrogen) atoms. The van der Waals surface area contributed by atoms with Gasteiger partial charge in [0.15, 0.2) is 11.5 Å². The number of aromatic nitrogens is 2. The van der Waals surface area contributed by atoms with Crippen LogP contribution in [0.15, 0.2) is 12.4 Å². The third-order valence-corrected chi connectivity index (χ3v) is 5.87. The van der Waals surface area contributed by atoms with Gasteiger partial charge in [-0.2, -0.15) is 0 Å². The van der Waals surface area contributed by atoms with Crippen molar-refractivity contribution in [3.05, 3.63) is 18.1 Å². The molecule has 9 heteroatoms. The predicted molar refractivity (Wildman–Crippen MR) is 96.7 cm³/mol. The summed E-state index contributed by atoms with van der Waals surface area (Å²) in [5.41, 5.74) is 12.0. The fourth-order valence-corrected chi connectivity index (χ4v) is 4.36. The molecule has 136 valence electrons. The van der Waals surface area contributed by atoms with Crippen LogP contribution in [0.3, 0.4) is 0 Å². The van der Waals surface area contributed by atoms with Crippen molar-refractivity contribution in [3.8, 4) is 0 Å². The molecule has 2 heterocycles. The fourth-order valence-electron chi connectivity index (χ4n) is 3.40. The van der Waals surface area contributed by atoms with E-state index in [-0.39, 0.29) is 35.3 Å². The van der Waals surface area contributed by atoms with Crippen LogP contribution in [0.25, 0.3) is 0 Å². The zero-order valence-electron chi connectivity index (χ0n) is 14.1. The Kier molecular flexibility index (Phi) is 5.74. The maximum atomic E-state index is 12.4. The topological polar surface area (TPSA) is 127 Å². The molecule has 0 spiro atoms. The Morgan fingerprint density at radius 3 is 2.60 bits per heavy atom. The highest BCUT2D eigenvalue weighted by molar-refractivity contribution is 7.99. The predicted octanol–water partition coefficient (Wildman–Crippen LogP) is 0.208. The Morgan fingerprint density at radius 2 is 1.96 bits per heavy atom. The first kappa shape index (κ1) is 17.9. The van der Waals surface area contributed by atoms with Gasteiger partial charge in [0.05, 0.1) is 11.9 Å². The Hall–Kier alpha value is -1.87. The second-order valence-corrected chi connectivity index (χ2v) is 7.61. The first-order valence-corrected chi connectivity index (χ1v) is 9.71. The number of nitrogens with two attached hydrogens (primary N) is 2. The number of anilines is 1. The first-order valence-electron chi connectivity index (χ1n) is 8.55. The zero-order chi connectivity index (χ0) is 17.8. The Morgan fingerprint density at radius 1 is 1.24 bits per heavy atom. The molecule has 1 saturated heterocycles. The summed E-state index contributed by atoms with van der Waals surface area (Å²) in [5, 5.41) is 2.96. The summed E-state index contributed by atoms with van der Waals surface area (Å²) in [6.07, 6.45) is 6.15. The molecule has 1 saturated carbocycles. The summed E-state index contributed by atoms with van der Waals surface area (Å²) in [7, 11) is 0. The van der Waals surface area contributed by atoms with Crippen molar-refractivity contribution >= 4 is 29.4 Å². The van der Waals surface area contributed by atoms with Crippen LogP contribution in [0.2, 0.25) is 0 Å². The van der Waals surface area contributed by atoms with Crippen LogP contribution in [-0.2, 0) is 4.79 Å². The minimum atomic E-state index is -0.439. The Balaban J connectivity index is 1.49. The Bertz CT molecular complexity index is 629.